The number of amidine groups is 1. The lowest BCUT2D eigenvalue weighted by Gasteiger charge is -2.32. The lowest BCUT2D eigenvalue weighted by Crippen LogP contribution is -2.44. The molecule has 4 rings (SSSR count). The van der Waals surface area contributed by atoms with Crippen LogP contribution in [0.4, 0.5) is 15.8 Å². The van der Waals surface area contributed by atoms with Crippen molar-refractivity contribution in [2.75, 3.05) is 19.5 Å². The molecule has 1 unspecified atom stereocenters. The maximum absolute atomic E-state index is 13.4. The maximum Gasteiger partial charge on any atom is 0.238 e. The topological polar surface area (TPSA) is 80.2 Å². The van der Waals surface area contributed by atoms with Gasteiger partial charge >= 0.3 is 0 Å². The van der Waals surface area contributed by atoms with Crippen molar-refractivity contribution in [2.45, 2.75) is 18.2 Å². The molecule has 9 heteroatoms. The highest BCUT2D eigenvalue weighted by molar-refractivity contribution is 8.15. The van der Waals surface area contributed by atoms with E-state index in [1.54, 1.807) is 74.9 Å². The molecule has 1 atom stereocenters. The Balaban J connectivity index is 1.57. The monoisotopic (exact) mass is 493 g/mol. The van der Waals surface area contributed by atoms with Gasteiger partial charge in [0.25, 0.3) is 0 Å². The smallest absolute Gasteiger partial charge is 0.238 e. The van der Waals surface area contributed by atoms with Crippen molar-refractivity contribution in [3.05, 3.63) is 84.2 Å². The van der Waals surface area contributed by atoms with Crippen molar-refractivity contribution in [1.82, 2.24) is 4.90 Å². The molecule has 3 aromatic rings. The third-order valence-corrected chi connectivity index (χ3v) is 6.53. The molecule has 1 aliphatic rings. The summed E-state index contributed by atoms with van der Waals surface area (Å²) in [4.78, 5) is 32.4. The van der Waals surface area contributed by atoms with Gasteiger partial charge in [-0.2, -0.15) is 0 Å². The predicted molar refractivity (Wildman–Crippen MR) is 135 cm³/mol. The normalized spacial score (nSPS) is 16.8. The van der Waals surface area contributed by atoms with E-state index in [0.29, 0.717) is 28.0 Å². The number of carbonyl (C=O) groups excluding carboxylic acids is 2. The van der Waals surface area contributed by atoms with E-state index in [1.807, 2.05) is 0 Å². The molecule has 35 heavy (non-hydrogen) atoms. The second-order valence-electron chi connectivity index (χ2n) is 7.73. The zero-order chi connectivity index (χ0) is 24.8. The fraction of sp³-hybridized carbons (Fsp3) is 0.192. The molecule has 1 N–H and O–H groups in total. The minimum atomic E-state index is -0.661. The molecule has 1 fully saturated rings. The number of halogens is 1. The Bertz CT molecular complexity index is 1210. The molecular weight excluding hydrogens is 469 g/mol. The number of methoxy groups -OCH3 is 2. The first-order valence-electron chi connectivity index (χ1n) is 10.8. The van der Waals surface area contributed by atoms with Crippen LogP contribution in [0.2, 0.25) is 0 Å². The summed E-state index contributed by atoms with van der Waals surface area (Å²) >= 11 is 1.22. The van der Waals surface area contributed by atoms with E-state index in [9.17, 15) is 14.0 Å². The number of anilines is 1. The van der Waals surface area contributed by atoms with Gasteiger partial charge in [0.2, 0.25) is 11.8 Å². The number of nitrogens with zero attached hydrogens (tertiary/aromatic N) is 2. The largest absolute Gasteiger partial charge is 0.497 e. The number of hydrogen-bond donors (Lipinski definition) is 1. The highest BCUT2D eigenvalue weighted by atomic mass is 32.2. The summed E-state index contributed by atoms with van der Waals surface area (Å²) < 4.78 is 23.7. The van der Waals surface area contributed by atoms with E-state index >= 15 is 0 Å². The number of ether oxygens (including phenoxy) is 2. The van der Waals surface area contributed by atoms with Crippen LogP contribution in [0.15, 0.2) is 77.8 Å². The van der Waals surface area contributed by atoms with E-state index in [0.717, 1.165) is 5.56 Å². The molecule has 0 aromatic heterocycles. The zero-order valence-electron chi connectivity index (χ0n) is 19.2. The summed E-state index contributed by atoms with van der Waals surface area (Å²) in [5.41, 5.74) is 1.97. The summed E-state index contributed by atoms with van der Waals surface area (Å²) in [7, 11) is 3.15. The molecular formula is C26H24FN3O4S. The van der Waals surface area contributed by atoms with Crippen molar-refractivity contribution in [3.63, 3.8) is 0 Å². The van der Waals surface area contributed by atoms with Gasteiger partial charge in [-0.3, -0.25) is 14.5 Å². The molecule has 180 valence electrons. The van der Waals surface area contributed by atoms with Crippen molar-refractivity contribution in [2.24, 2.45) is 4.99 Å². The molecule has 0 bridgehead atoms. The molecule has 0 spiro atoms. The first kappa shape index (κ1) is 24.3. The molecule has 1 saturated heterocycles. The van der Waals surface area contributed by atoms with E-state index in [-0.39, 0.29) is 30.6 Å². The fourth-order valence-corrected chi connectivity index (χ4v) is 4.53. The molecule has 7 nitrogen and oxygen atoms in total. The number of benzene rings is 3. The maximum atomic E-state index is 13.4. The summed E-state index contributed by atoms with van der Waals surface area (Å²) in [6.45, 7) is 0.216. The van der Waals surface area contributed by atoms with Crippen molar-refractivity contribution < 1.29 is 23.5 Å². The highest BCUT2D eigenvalue weighted by Gasteiger charge is 2.36. The second kappa shape index (κ2) is 11.1. The van der Waals surface area contributed by atoms with Gasteiger partial charge in [-0.05, 0) is 66.2 Å². The number of aliphatic imine (C=N–C) groups is 1. The highest BCUT2D eigenvalue weighted by Crippen LogP contribution is 2.31. The lowest BCUT2D eigenvalue weighted by atomic mass is 10.2. The minimum Gasteiger partial charge on any atom is -0.497 e. The molecule has 1 aliphatic heterocycles. The molecule has 3 aromatic carbocycles. The van der Waals surface area contributed by atoms with Gasteiger partial charge in [0, 0.05) is 12.1 Å². The van der Waals surface area contributed by atoms with Crippen molar-refractivity contribution in [3.8, 4) is 11.5 Å². The van der Waals surface area contributed by atoms with Gasteiger partial charge in [0.05, 0.1) is 26.5 Å². The van der Waals surface area contributed by atoms with Gasteiger partial charge in [-0.25, -0.2) is 9.38 Å². The van der Waals surface area contributed by atoms with Crippen LogP contribution in [0.5, 0.6) is 11.5 Å². The van der Waals surface area contributed by atoms with E-state index in [4.69, 9.17) is 9.47 Å². The van der Waals surface area contributed by atoms with Crippen LogP contribution < -0.4 is 14.8 Å². The average molecular weight is 494 g/mol. The van der Waals surface area contributed by atoms with Crippen LogP contribution in [0, 0.1) is 5.82 Å². The summed E-state index contributed by atoms with van der Waals surface area (Å²) in [5.74, 6) is 0.472. The Kier molecular flexibility index (Phi) is 7.67. The van der Waals surface area contributed by atoms with E-state index < -0.39 is 5.25 Å². The lowest BCUT2D eigenvalue weighted by molar-refractivity contribution is -0.129. The first-order chi connectivity index (χ1) is 16.9. The van der Waals surface area contributed by atoms with Crippen LogP contribution in [0.1, 0.15) is 12.0 Å². The van der Waals surface area contributed by atoms with Gasteiger partial charge in [-0.1, -0.05) is 23.9 Å². The third kappa shape index (κ3) is 6.19. The van der Waals surface area contributed by atoms with Gasteiger partial charge in [-0.15, -0.1) is 0 Å². The van der Waals surface area contributed by atoms with Crippen LogP contribution in [0.3, 0.4) is 0 Å². The zero-order valence-corrected chi connectivity index (χ0v) is 20.0. The summed E-state index contributed by atoms with van der Waals surface area (Å²) in [5, 5.41) is 2.59. The number of hydrogen-bond acceptors (Lipinski definition) is 6. The van der Waals surface area contributed by atoms with Gasteiger partial charge in [0.1, 0.15) is 22.6 Å². The Hall–Kier alpha value is -3.85. The number of rotatable bonds is 7. The summed E-state index contributed by atoms with van der Waals surface area (Å²) in [6, 6.07) is 20.0. The van der Waals surface area contributed by atoms with Crippen LogP contribution in [0.25, 0.3) is 0 Å². The number of thioether (sulfide) groups is 1. The molecule has 2 amide bonds. The predicted octanol–water partition coefficient (Wildman–Crippen LogP) is 5.00. The Morgan fingerprint density at radius 3 is 2.20 bits per heavy atom. The Morgan fingerprint density at radius 2 is 1.60 bits per heavy atom. The standard InChI is InChI=1S/C26H24FN3O4S/c1-33-21-11-7-19(8-12-21)28-25(32)23-15-24(31)30(16-17-3-5-18(27)6-4-17)26(35-23)29-20-9-13-22(34-2)14-10-20/h3-14,23H,15-16H2,1-2H3,(H,28,32). The Labute approximate surface area is 207 Å². The number of amides is 2. The number of nitrogens with one attached hydrogen (secondary N) is 1. The fourth-order valence-electron chi connectivity index (χ4n) is 3.43. The number of carbonyl (C=O) groups is 2. The molecule has 1 heterocycles. The SMILES string of the molecule is COc1ccc(N=C2SC(C(=O)Nc3ccc(OC)cc3)CC(=O)N2Cc2ccc(F)cc2)cc1. The summed E-state index contributed by atoms with van der Waals surface area (Å²) in [6.07, 6.45) is 0.00941. The Morgan fingerprint density at radius 1 is 1.00 bits per heavy atom. The second-order valence-corrected chi connectivity index (χ2v) is 8.90. The van der Waals surface area contributed by atoms with Crippen LogP contribution in [-0.4, -0.2) is 41.4 Å². The van der Waals surface area contributed by atoms with E-state index in [1.165, 1.54) is 28.8 Å². The average Bonchev–Trinajstić information content (AvgIpc) is 2.88. The van der Waals surface area contributed by atoms with Crippen LogP contribution in [-0.2, 0) is 16.1 Å². The third-order valence-electron chi connectivity index (χ3n) is 5.34. The van der Waals surface area contributed by atoms with Crippen molar-refractivity contribution in [1.29, 1.82) is 0 Å². The minimum absolute atomic E-state index is 0.00941. The van der Waals surface area contributed by atoms with Crippen molar-refractivity contribution >= 4 is 40.1 Å². The van der Waals surface area contributed by atoms with Gasteiger partial charge in [0.15, 0.2) is 5.17 Å². The van der Waals surface area contributed by atoms with E-state index in [2.05, 4.69) is 10.3 Å². The van der Waals surface area contributed by atoms with Crippen LogP contribution >= 0.6 is 11.8 Å². The quantitative estimate of drug-likeness (QED) is 0.501. The molecule has 0 radical (unpaired) electrons. The molecule has 0 aliphatic carbocycles. The first-order valence-corrected chi connectivity index (χ1v) is 11.7. The molecule has 0 saturated carbocycles. The van der Waals surface area contributed by atoms with Gasteiger partial charge < -0.3 is 14.8 Å².